The molecule has 154 valence electrons. The van der Waals surface area contributed by atoms with Gasteiger partial charge in [0.25, 0.3) is 5.91 Å². The number of ether oxygens (including phenoxy) is 1. The zero-order valence-electron chi connectivity index (χ0n) is 15.9. The smallest absolute Gasteiger partial charge is 0.255 e. The van der Waals surface area contributed by atoms with Crippen molar-refractivity contribution in [3.8, 4) is 5.75 Å². The fraction of sp³-hybridized carbons (Fsp3) is 0.316. The Kier molecular flexibility index (Phi) is 9.40. The summed E-state index contributed by atoms with van der Waals surface area (Å²) < 4.78 is 32.0. The maximum absolute atomic E-state index is 12.6. The number of carbonyl (C=O) groups excluding carboxylic acids is 1. The second-order valence-electron chi connectivity index (χ2n) is 5.73. The molecule has 0 unspecified atom stereocenters. The van der Waals surface area contributed by atoms with Gasteiger partial charge in [-0.25, -0.2) is 8.42 Å². The van der Waals surface area contributed by atoms with Crippen molar-refractivity contribution in [3.05, 3.63) is 54.1 Å². The van der Waals surface area contributed by atoms with Crippen LogP contribution in [-0.2, 0) is 10.0 Å². The van der Waals surface area contributed by atoms with Gasteiger partial charge in [0.15, 0.2) is 0 Å². The van der Waals surface area contributed by atoms with Crippen LogP contribution >= 0.6 is 12.4 Å². The second-order valence-corrected chi connectivity index (χ2v) is 7.67. The van der Waals surface area contributed by atoms with Crippen LogP contribution in [0.5, 0.6) is 5.75 Å². The van der Waals surface area contributed by atoms with Gasteiger partial charge in [0.1, 0.15) is 12.4 Å². The first-order valence-electron chi connectivity index (χ1n) is 8.76. The van der Waals surface area contributed by atoms with Gasteiger partial charge in [-0.3, -0.25) is 4.79 Å². The van der Waals surface area contributed by atoms with Crippen LogP contribution in [0.15, 0.2) is 53.4 Å². The van der Waals surface area contributed by atoms with E-state index in [1.807, 2.05) is 0 Å². The van der Waals surface area contributed by atoms with E-state index in [4.69, 9.17) is 10.5 Å². The first-order chi connectivity index (χ1) is 12.9. The number of rotatable bonds is 9. The molecular formula is C19H26ClN3O4S. The quantitative estimate of drug-likeness (QED) is 0.640. The molecule has 7 nitrogen and oxygen atoms in total. The van der Waals surface area contributed by atoms with Crippen LogP contribution in [0.4, 0.5) is 5.69 Å². The summed E-state index contributed by atoms with van der Waals surface area (Å²) in [7, 11) is -3.62. The first-order valence-corrected chi connectivity index (χ1v) is 10.2. The molecule has 0 aliphatic heterocycles. The summed E-state index contributed by atoms with van der Waals surface area (Å²) in [5.74, 6) is 0.271. The Hall–Kier alpha value is -2.13. The van der Waals surface area contributed by atoms with Crippen molar-refractivity contribution in [3.63, 3.8) is 0 Å². The summed E-state index contributed by atoms with van der Waals surface area (Å²) >= 11 is 0. The lowest BCUT2D eigenvalue weighted by Gasteiger charge is -2.18. The third-order valence-electron chi connectivity index (χ3n) is 3.94. The number of sulfonamides is 1. The normalized spacial score (nSPS) is 11.0. The molecule has 0 atom stereocenters. The molecule has 1 amide bonds. The van der Waals surface area contributed by atoms with Crippen LogP contribution in [0.3, 0.4) is 0 Å². The van der Waals surface area contributed by atoms with E-state index in [-0.39, 0.29) is 28.8 Å². The fourth-order valence-corrected chi connectivity index (χ4v) is 4.03. The maximum atomic E-state index is 12.6. The van der Waals surface area contributed by atoms with Crippen molar-refractivity contribution in [2.75, 3.05) is 31.6 Å². The van der Waals surface area contributed by atoms with Crippen molar-refractivity contribution < 1.29 is 17.9 Å². The number of anilines is 1. The van der Waals surface area contributed by atoms with Crippen molar-refractivity contribution >= 4 is 34.0 Å². The molecule has 28 heavy (non-hydrogen) atoms. The number of benzene rings is 2. The van der Waals surface area contributed by atoms with E-state index in [9.17, 15) is 13.2 Å². The third kappa shape index (κ3) is 5.93. The van der Waals surface area contributed by atoms with Crippen LogP contribution < -0.4 is 15.8 Å². The number of carbonyl (C=O) groups is 1. The van der Waals surface area contributed by atoms with E-state index in [1.165, 1.54) is 16.4 Å². The average molecular weight is 428 g/mol. The van der Waals surface area contributed by atoms with Gasteiger partial charge < -0.3 is 15.8 Å². The molecule has 3 N–H and O–H groups in total. The SMILES string of the molecule is CCN(CC)S(=O)(=O)c1cccc(C(=O)Nc2ccc(OCCN)cc2)c1.Cl. The number of hydrogen-bond donors (Lipinski definition) is 2. The molecule has 0 radical (unpaired) electrons. The van der Waals surface area contributed by atoms with Gasteiger partial charge >= 0.3 is 0 Å². The lowest BCUT2D eigenvalue weighted by Crippen LogP contribution is -2.30. The van der Waals surface area contributed by atoms with Gasteiger partial charge in [0.05, 0.1) is 4.90 Å². The number of nitrogens with one attached hydrogen (secondary N) is 1. The Morgan fingerprint density at radius 1 is 1.11 bits per heavy atom. The summed E-state index contributed by atoms with van der Waals surface area (Å²) in [5.41, 5.74) is 6.24. The predicted octanol–water partition coefficient (Wildman–Crippen LogP) is 2.73. The molecule has 9 heteroatoms. The molecule has 0 fully saturated rings. The monoisotopic (exact) mass is 427 g/mol. The lowest BCUT2D eigenvalue weighted by atomic mass is 10.2. The standard InChI is InChI=1S/C19H25N3O4S.ClH/c1-3-22(4-2)27(24,25)18-7-5-6-15(14-18)19(23)21-16-8-10-17(11-9-16)26-13-12-20;/h5-11,14H,3-4,12-13,20H2,1-2H3,(H,21,23);1H. The molecule has 0 aliphatic carbocycles. The third-order valence-corrected chi connectivity index (χ3v) is 5.98. The molecule has 0 saturated carbocycles. The fourth-order valence-electron chi connectivity index (χ4n) is 2.52. The summed E-state index contributed by atoms with van der Waals surface area (Å²) in [6, 6.07) is 12.9. The van der Waals surface area contributed by atoms with Crippen LogP contribution in [-0.4, -0.2) is 44.9 Å². The number of halogens is 1. The van der Waals surface area contributed by atoms with Crippen molar-refractivity contribution in [1.82, 2.24) is 4.31 Å². The summed E-state index contributed by atoms with van der Waals surface area (Å²) in [6.07, 6.45) is 0. The Bertz CT molecular complexity index is 869. The molecule has 2 aromatic rings. The highest BCUT2D eigenvalue weighted by Crippen LogP contribution is 2.19. The van der Waals surface area contributed by atoms with Gasteiger partial charge in [-0.05, 0) is 42.5 Å². The minimum atomic E-state index is -3.62. The Balaban J connectivity index is 0.00000392. The predicted molar refractivity (Wildman–Crippen MR) is 113 cm³/mol. The molecule has 2 aromatic carbocycles. The highest BCUT2D eigenvalue weighted by atomic mass is 35.5. The van der Waals surface area contributed by atoms with Crippen LogP contribution in [0.1, 0.15) is 24.2 Å². The molecular weight excluding hydrogens is 402 g/mol. The molecule has 0 spiro atoms. The van der Waals surface area contributed by atoms with Crippen molar-refractivity contribution in [1.29, 1.82) is 0 Å². The number of amides is 1. The van der Waals surface area contributed by atoms with E-state index in [0.29, 0.717) is 37.7 Å². The number of nitrogens with zero attached hydrogens (tertiary/aromatic N) is 1. The highest BCUT2D eigenvalue weighted by Gasteiger charge is 2.22. The maximum Gasteiger partial charge on any atom is 0.255 e. The van der Waals surface area contributed by atoms with Gasteiger partial charge in [-0.15, -0.1) is 12.4 Å². The topological polar surface area (TPSA) is 102 Å². The van der Waals surface area contributed by atoms with Gasteiger partial charge in [0.2, 0.25) is 10.0 Å². The minimum absolute atomic E-state index is 0. The summed E-state index contributed by atoms with van der Waals surface area (Å²) in [4.78, 5) is 12.6. The van der Waals surface area contributed by atoms with Gasteiger partial charge in [0, 0.05) is 30.9 Å². The van der Waals surface area contributed by atoms with Crippen LogP contribution in [0.25, 0.3) is 0 Å². The Morgan fingerprint density at radius 2 is 1.75 bits per heavy atom. The zero-order chi connectivity index (χ0) is 19.9. The Morgan fingerprint density at radius 3 is 2.32 bits per heavy atom. The van der Waals surface area contributed by atoms with E-state index in [2.05, 4.69) is 5.32 Å². The van der Waals surface area contributed by atoms with Crippen LogP contribution in [0, 0.1) is 0 Å². The molecule has 0 aliphatic rings. The molecule has 0 saturated heterocycles. The zero-order valence-corrected chi connectivity index (χ0v) is 17.6. The molecule has 0 aromatic heterocycles. The largest absolute Gasteiger partial charge is 0.492 e. The van der Waals surface area contributed by atoms with Crippen molar-refractivity contribution in [2.24, 2.45) is 5.73 Å². The molecule has 0 bridgehead atoms. The molecule has 2 rings (SSSR count). The van der Waals surface area contributed by atoms with Gasteiger partial charge in [-0.1, -0.05) is 19.9 Å². The van der Waals surface area contributed by atoms with Crippen LogP contribution in [0.2, 0.25) is 0 Å². The number of hydrogen-bond acceptors (Lipinski definition) is 5. The van der Waals surface area contributed by atoms with Gasteiger partial charge in [-0.2, -0.15) is 4.31 Å². The second kappa shape index (κ2) is 11.0. The molecule has 0 heterocycles. The lowest BCUT2D eigenvalue weighted by molar-refractivity contribution is 0.102. The highest BCUT2D eigenvalue weighted by molar-refractivity contribution is 7.89. The summed E-state index contributed by atoms with van der Waals surface area (Å²) in [6.45, 7) is 5.13. The van der Waals surface area contributed by atoms with Crippen molar-refractivity contribution in [2.45, 2.75) is 18.7 Å². The first kappa shape index (κ1) is 23.9. The number of nitrogens with two attached hydrogens (primary N) is 1. The van der Waals surface area contributed by atoms with E-state index < -0.39 is 10.0 Å². The van der Waals surface area contributed by atoms with E-state index in [1.54, 1.807) is 50.2 Å². The Labute approximate surface area is 172 Å². The summed E-state index contributed by atoms with van der Waals surface area (Å²) in [5, 5.41) is 2.75. The average Bonchev–Trinajstić information content (AvgIpc) is 2.68. The van der Waals surface area contributed by atoms with E-state index >= 15 is 0 Å². The minimum Gasteiger partial charge on any atom is -0.492 e. The van der Waals surface area contributed by atoms with E-state index in [0.717, 1.165) is 0 Å².